The summed E-state index contributed by atoms with van der Waals surface area (Å²) in [5.74, 6) is 0. The van der Waals surface area contributed by atoms with E-state index >= 15 is 0 Å². The van der Waals surface area contributed by atoms with Gasteiger partial charge in [-0.05, 0) is 19.1 Å². The molecule has 2 aromatic heterocycles. The normalized spacial score (nSPS) is 10.4. The zero-order chi connectivity index (χ0) is 9.97. The number of aromatic nitrogens is 3. The number of nitrogens with two attached hydrogens (primary N) is 1. The molecule has 0 aromatic carbocycles. The summed E-state index contributed by atoms with van der Waals surface area (Å²) in [6.07, 6.45) is 5.44. The molecule has 2 heterocycles. The lowest BCUT2D eigenvalue weighted by molar-refractivity contribution is 0.860. The van der Waals surface area contributed by atoms with Crippen LogP contribution in [-0.4, -0.2) is 14.8 Å². The summed E-state index contributed by atoms with van der Waals surface area (Å²) < 4.78 is 1.82. The van der Waals surface area contributed by atoms with Gasteiger partial charge in [-0.3, -0.25) is 4.98 Å². The second-order valence-corrected chi connectivity index (χ2v) is 3.09. The topological polar surface area (TPSA) is 56.7 Å². The van der Waals surface area contributed by atoms with Crippen LogP contribution in [0.2, 0.25) is 0 Å². The van der Waals surface area contributed by atoms with Crippen molar-refractivity contribution < 1.29 is 0 Å². The number of pyridine rings is 1. The highest BCUT2D eigenvalue weighted by atomic mass is 15.3. The van der Waals surface area contributed by atoms with Crippen LogP contribution >= 0.6 is 0 Å². The van der Waals surface area contributed by atoms with Crippen LogP contribution in [0.3, 0.4) is 0 Å². The summed E-state index contributed by atoms with van der Waals surface area (Å²) in [7, 11) is 0. The molecular weight excluding hydrogens is 176 g/mol. The predicted octanol–water partition coefficient (Wildman–Crippen LogP) is 1.03. The van der Waals surface area contributed by atoms with Gasteiger partial charge < -0.3 is 5.73 Å². The molecule has 72 valence electrons. The number of nitrogens with zero attached hydrogens (tertiary/aromatic N) is 3. The van der Waals surface area contributed by atoms with Gasteiger partial charge in [-0.25, -0.2) is 4.68 Å². The Morgan fingerprint density at radius 2 is 2.07 bits per heavy atom. The smallest absolute Gasteiger partial charge is 0.0676 e. The lowest BCUT2D eigenvalue weighted by Gasteiger charge is -1.98. The van der Waals surface area contributed by atoms with Crippen molar-refractivity contribution in [2.45, 2.75) is 13.5 Å². The molecule has 0 bridgehead atoms. The average molecular weight is 188 g/mol. The van der Waals surface area contributed by atoms with E-state index < -0.39 is 0 Å². The average Bonchev–Trinajstić information content (AvgIpc) is 2.61. The molecule has 0 amide bonds. The van der Waals surface area contributed by atoms with Crippen LogP contribution in [0.25, 0.3) is 5.69 Å². The van der Waals surface area contributed by atoms with Crippen molar-refractivity contribution in [3.8, 4) is 5.69 Å². The summed E-state index contributed by atoms with van der Waals surface area (Å²) in [6.45, 7) is 2.48. The summed E-state index contributed by atoms with van der Waals surface area (Å²) in [5, 5.41) is 4.36. The molecule has 4 heteroatoms. The van der Waals surface area contributed by atoms with E-state index in [0.29, 0.717) is 6.54 Å². The third kappa shape index (κ3) is 1.52. The summed E-state index contributed by atoms with van der Waals surface area (Å²) in [6, 6.07) is 3.82. The fourth-order valence-corrected chi connectivity index (χ4v) is 1.33. The minimum Gasteiger partial charge on any atom is -0.326 e. The van der Waals surface area contributed by atoms with Crippen LogP contribution in [0, 0.1) is 6.92 Å². The first kappa shape index (κ1) is 8.90. The molecule has 0 aliphatic heterocycles. The van der Waals surface area contributed by atoms with Gasteiger partial charge >= 0.3 is 0 Å². The Morgan fingerprint density at radius 1 is 1.36 bits per heavy atom. The highest BCUT2D eigenvalue weighted by Crippen LogP contribution is 2.09. The van der Waals surface area contributed by atoms with Crippen molar-refractivity contribution in [1.29, 1.82) is 0 Å². The molecule has 2 aromatic rings. The lowest BCUT2D eigenvalue weighted by Crippen LogP contribution is -1.96. The minimum atomic E-state index is 0.525. The first-order valence-electron chi connectivity index (χ1n) is 4.47. The van der Waals surface area contributed by atoms with Crippen molar-refractivity contribution in [2.24, 2.45) is 5.73 Å². The van der Waals surface area contributed by atoms with Gasteiger partial charge in [0.25, 0.3) is 0 Å². The van der Waals surface area contributed by atoms with E-state index in [-0.39, 0.29) is 0 Å². The van der Waals surface area contributed by atoms with Crippen LogP contribution in [0.5, 0.6) is 0 Å². The van der Waals surface area contributed by atoms with E-state index in [1.54, 1.807) is 12.4 Å². The first-order valence-corrected chi connectivity index (χ1v) is 4.47. The molecule has 0 fully saturated rings. The minimum absolute atomic E-state index is 0.525. The van der Waals surface area contributed by atoms with Gasteiger partial charge in [-0.1, -0.05) is 0 Å². The first-order chi connectivity index (χ1) is 6.81. The van der Waals surface area contributed by atoms with Crippen molar-refractivity contribution in [2.75, 3.05) is 0 Å². The molecule has 0 aliphatic carbocycles. The Kier molecular flexibility index (Phi) is 2.28. The second kappa shape index (κ2) is 3.59. The van der Waals surface area contributed by atoms with Gasteiger partial charge in [0.15, 0.2) is 0 Å². The zero-order valence-electron chi connectivity index (χ0n) is 8.01. The highest BCUT2D eigenvalue weighted by molar-refractivity contribution is 5.30. The Morgan fingerprint density at radius 3 is 2.64 bits per heavy atom. The van der Waals surface area contributed by atoms with E-state index in [1.807, 2.05) is 29.9 Å². The van der Waals surface area contributed by atoms with Gasteiger partial charge in [0.05, 0.1) is 11.4 Å². The summed E-state index contributed by atoms with van der Waals surface area (Å²) in [4.78, 5) is 3.95. The van der Waals surface area contributed by atoms with Crippen LogP contribution in [0.15, 0.2) is 30.7 Å². The molecule has 0 saturated carbocycles. The molecule has 0 spiro atoms. The van der Waals surface area contributed by atoms with Crippen molar-refractivity contribution >= 4 is 0 Å². The molecule has 0 aliphatic rings. The zero-order valence-corrected chi connectivity index (χ0v) is 8.01. The standard InChI is InChI=1S/C10H12N4/c1-8-9(6-11)7-14(13-8)10-2-4-12-5-3-10/h2-5,7H,6,11H2,1H3. The third-order valence-electron chi connectivity index (χ3n) is 2.15. The number of aryl methyl sites for hydroxylation is 1. The summed E-state index contributed by atoms with van der Waals surface area (Å²) in [5.41, 5.74) is 8.63. The van der Waals surface area contributed by atoms with Gasteiger partial charge in [0.1, 0.15) is 0 Å². The fraction of sp³-hybridized carbons (Fsp3) is 0.200. The third-order valence-corrected chi connectivity index (χ3v) is 2.15. The quantitative estimate of drug-likeness (QED) is 0.766. The second-order valence-electron chi connectivity index (χ2n) is 3.09. The van der Waals surface area contributed by atoms with Crippen LogP contribution in [0.4, 0.5) is 0 Å². The van der Waals surface area contributed by atoms with Gasteiger partial charge in [-0.15, -0.1) is 0 Å². The number of rotatable bonds is 2. The SMILES string of the molecule is Cc1nn(-c2ccncc2)cc1CN. The number of hydrogen-bond donors (Lipinski definition) is 1. The Balaban J connectivity index is 2.43. The van der Waals surface area contributed by atoms with E-state index in [2.05, 4.69) is 10.1 Å². The lowest BCUT2D eigenvalue weighted by atomic mass is 10.3. The molecule has 0 saturated heterocycles. The van der Waals surface area contributed by atoms with Crippen molar-refractivity contribution in [3.05, 3.63) is 42.0 Å². The van der Waals surface area contributed by atoms with Crippen LogP contribution in [-0.2, 0) is 6.54 Å². The molecule has 0 radical (unpaired) electrons. The van der Waals surface area contributed by atoms with E-state index in [1.165, 1.54) is 0 Å². The van der Waals surface area contributed by atoms with E-state index in [0.717, 1.165) is 16.9 Å². The largest absolute Gasteiger partial charge is 0.326 e. The van der Waals surface area contributed by atoms with E-state index in [4.69, 9.17) is 5.73 Å². The molecule has 0 unspecified atom stereocenters. The molecule has 2 rings (SSSR count). The van der Waals surface area contributed by atoms with Crippen LogP contribution in [0.1, 0.15) is 11.3 Å². The Bertz CT molecular complexity index is 419. The maximum atomic E-state index is 5.58. The van der Waals surface area contributed by atoms with Crippen molar-refractivity contribution in [3.63, 3.8) is 0 Å². The Labute approximate surface area is 82.4 Å². The van der Waals surface area contributed by atoms with Gasteiger partial charge in [-0.2, -0.15) is 5.10 Å². The van der Waals surface area contributed by atoms with E-state index in [9.17, 15) is 0 Å². The maximum Gasteiger partial charge on any atom is 0.0676 e. The van der Waals surface area contributed by atoms with Gasteiger partial charge in [0.2, 0.25) is 0 Å². The molecule has 4 nitrogen and oxygen atoms in total. The monoisotopic (exact) mass is 188 g/mol. The molecular formula is C10H12N4. The predicted molar refractivity (Wildman–Crippen MR) is 54.0 cm³/mol. The fourth-order valence-electron chi connectivity index (χ4n) is 1.33. The van der Waals surface area contributed by atoms with Gasteiger partial charge in [0, 0.05) is 30.7 Å². The summed E-state index contributed by atoms with van der Waals surface area (Å²) >= 11 is 0. The Hall–Kier alpha value is -1.68. The molecule has 2 N–H and O–H groups in total. The van der Waals surface area contributed by atoms with Crippen LogP contribution < -0.4 is 5.73 Å². The van der Waals surface area contributed by atoms with Crippen molar-refractivity contribution in [1.82, 2.24) is 14.8 Å². The maximum absolute atomic E-state index is 5.58. The highest BCUT2D eigenvalue weighted by Gasteiger charge is 2.03. The number of hydrogen-bond acceptors (Lipinski definition) is 3. The molecule has 0 atom stereocenters. The molecule has 14 heavy (non-hydrogen) atoms.